The topological polar surface area (TPSA) is 36.9 Å². The molecule has 0 bridgehead atoms. The normalized spacial score (nSPS) is 17.6. The largest absolute Gasteiger partial charge is 0.543 e. The van der Waals surface area contributed by atoms with Crippen LogP contribution in [0.4, 0.5) is 0 Å². The van der Waals surface area contributed by atoms with Crippen LogP contribution in [0.5, 0.6) is 23.0 Å². The molecule has 3 aromatic carbocycles. The SMILES string of the molecule is COc1ccc([C@@H]2COc3cc(OC)ccc3[C@@H]2SCc2ccccc2)c(O[Si](C)(C)C(C)(C)C)c1. The molecule has 1 aliphatic heterocycles. The molecule has 0 aliphatic carbocycles. The number of hydrogen-bond donors (Lipinski definition) is 0. The fourth-order valence-corrected chi connectivity index (χ4v) is 6.60. The van der Waals surface area contributed by atoms with Gasteiger partial charge >= 0.3 is 0 Å². The highest BCUT2D eigenvalue weighted by Gasteiger charge is 2.41. The molecule has 36 heavy (non-hydrogen) atoms. The van der Waals surface area contributed by atoms with Gasteiger partial charge in [-0.2, -0.15) is 0 Å². The standard InChI is InChI=1S/C30H38O4SSi/c1-30(2,3)36(6,7)34-28-18-23(32-5)13-15-24(28)26-19-33-27-17-22(31-4)14-16-25(27)29(26)35-20-21-11-9-8-10-12-21/h8-18,26,29H,19-20H2,1-7H3/t26-,29-/m0/s1. The lowest BCUT2D eigenvalue weighted by Gasteiger charge is -2.39. The second-order valence-corrected chi connectivity index (χ2v) is 16.7. The van der Waals surface area contributed by atoms with Crippen LogP contribution in [0.2, 0.25) is 18.1 Å². The van der Waals surface area contributed by atoms with Gasteiger partial charge in [-0.1, -0.05) is 63.2 Å². The minimum Gasteiger partial charge on any atom is -0.543 e. The Morgan fingerprint density at radius 1 is 0.889 bits per heavy atom. The van der Waals surface area contributed by atoms with Gasteiger partial charge in [-0.05, 0) is 35.8 Å². The second-order valence-electron chi connectivity index (χ2n) is 10.8. The Labute approximate surface area is 221 Å². The zero-order valence-electron chi connectivity index (χ0n) is 22.5. The molecule has 1 heterocycles. The molecule has 4 nitrogen and oxygen atoms in total. The van der Waals surface area contributed by atoms with E-state index in [2.05, 4.69) is 82.4 Å². The number of ether oxygens (including phenoxy) is 3. The summed E-state index contributed by atoms with van der Waals surface area (Å²) < 4.78 is 24.3. The van der Waals surface area contributed by atoms with E-state index in [1.807, 2.05) is 30.0 Å². The number of methoxy groups -OCH3 is 2. The molecule has 0 N–H and O–H groups in total. The molecule has 0 saturated carbocycles. The van der Waals surface area contributed by atoms with Crippen molar-refractivity contribution in [1.82, 2.24) is 0 Å². The Hall–Kier alpha value is -2.57. The summed E-state index contributed by atoms with van der Waals surface area (Å²) in [5, 5.41) is 0.288. The summed E-state index contributed by atoms with van der Waals surface area (Å²) in [4.78, 5) is 0. The number of fused-ring (bicyclic) bond motifs is 1. The third kappa shape index (κ3) is 5.70. The minimum absolute atomic E-state index is 0.0844. The van der Waals surface area contributed by atoms with E-state index >= 15 is 0 Å². The monoisotopic (exact) mass is 522 g/mol. The molecule has 0 amide bonds. The van der Waals surface area contributed by atoms with Crippen LogP contribution < -0.4 is 18.6 Å². The highest BCUT2D eigenvalue weighted by molar-refractivity contribution is 7.98. The molecule has 0 spiro atoms. The van der Waals surface area contributed by atoms with Gasteiger partial charge in [0.15, 0.2) is 0 Å². The third-order valence-corrected chi connectivity index (χ3v) is 13.2. The summed E-state index contributed by atoms with van der Waals surface area (Å²) in [5.74, 6) is 4.48. The maximum atomic E-state index is 6.90. The Kier molecular flexibility index (Phi) is 7.96. The van der Waals surface area contributed by atoms with Crippen molar-refractivity contribution in [3.05, 3.63) is 83.4 Å². The van der Waals surface area contributed by atoms with Crippen molar-refractivity contribution in [2.45, 2.75) is 55.8 Å². The minimum atomic E-state index is -2.07. The van der Waals surface area contributed by atoms with Crippen LogP contribution in [-0.4, -0.2) is 29.1 Å². The van der Waals surface area contributed by atoms with E-state index in [1.165, 1.54) is 16.7 Å². The van der Waals surface area contributed by atoms with Crippen molar-refractivity contribution in [3.8, 4) is 23.0 Å². The zero-order valence-corrected chi connectivity index (χ0v) is 24.3. The van der Waals surface area contributed by atoms with Crippen molar-refractivity contribution in [2.24, 2.45) is 0 Å². The smallest absolute Gasteiger partial charge is 0.250 e. The van der Waals surface area contributed by atoms with E-state index in [0.717, 1.165) is 28.8 Å². The first kappa shape index (κ1) is 26.5. The lowest BCUT2D eigenvalue weighted by atomic mass is 9.89. The van der Waals surface area contributed by atoms with Gasteiger partial charge in [0.05, 0.1) is 20.8 Å². The molecule has 6 heteroatoms. The predicted octanol–water partition coefficient (Wildman–Crippen LogP) is 8.24. The van der Waals surface area contributed by atoms with E-state index in [-0.39, 0.29) is 16.2 Å². The van der Waals surface area contributed by atoms with E-state index in [4.69, 9.17) is 18.6 Å². The van der Waals surface area contributed by atoms with Crippen LogP contribution in [0.1, 0.15) is 48.6 Å². The molecule has 3 aromatic rings. The van der Waals surface area contributed by atoms with E-state index in [0.29, 0.717) is 6.61 Å². The molecule has 4 rings (SSSR count). The fraction of sp³-hybridized carbons (Fsp3) is 0.400. The highest BCUT2D eigenvalue weighted by Crippen LogP contribution is 2.52. The van der Waals surface area contributed by atoms with Crippen LogP contribution >= 0.6 is 11.8 Å². The maximum Gasteiger partial charge on any atom is 0.250 e. The van der Waals surface area contributed by atoms with Gasteiger partial charge in [-0.25, -0.2) is 0 Å². The van der Waals surface area contributed by atoms with Crippen LogP contribution in [0, 0.1) is 0 Å². The lowest BCUT2D eigenvalue weighted by Crippen LogP contribution is -2.44. The Bertz CT molecular complexity index is 1170. The Morgan fingerprint density at radius 2 is 1.53 bits per heavy atom. The maximum absolute atomic E-state index is 6.90. The van der Waals surface area contributed by atoms with Crippen molar-refractivity contribution < 1.29 is 18.6 Å². The third-order valence-electron chi connectivity index (χ3n) is 7.37. The molecule has 1 aliphatic rings. The summed E-state index contributed by atoms with van der Waals surface area (Å²) in [5.41, 5.74) is 3.69. The van der Waals surface area contributed by atoms with Gasteiger partial charge in [0.2, 0.25) is 8.32 Å². The fourth-order valence-electron chi connectivity index (χ4n) is 4.17. The van der Waals surface area contributed by atoms with Crippen LogP contribution in [0.3, 0.4) is 0 Å². The average Bonchev–Trinajstić information content (AvgIpc) is 2.86. The zero-order chi connectivity index (χ0) is 25.9. The first-order valence-electron chi connectivity index (χ1n) is 12.5. The van der Waals surface area contributed by atoms with Gasteiger partial charge < -0.3 is 18.6 Å². The summed E-state index contributed by atoms with van der Waals surface area (Å²) in [7, 11) is 1.32. The quantitative estimate of drug-likeness (QED) is 0.278. The number of rotatable bonds is 8. The lowest BCUT2D eigenvalue weighted by molar-refractivity contribution is 0.256. The predicted molar refractivity (Wildman–Crippen MR) is 153 cm³/mol. The summed E-state index contributed by atoms with van der Waals surface area (Å²) in [6.45, 7) is 12.0. The average molecular weight is 523 g/mol. The molecule has 0 radical (unpaired) electrons. The van der Waals surface area contributed by atoms with Crippen molar-refractivity contribution in [3.63, 3.8) is 0 Å². The Morgan fingerprint density at radius 3 is 2.17 bits per heavy atom. The molecule has 192 valence electrons. The van der Waals surface area contributed by atoms with E-state index in [9.17, 15) is 0 Å². The number of benzene rings is 3. The Balaban J connectivity index is 1.75. The molecular weight excluding hydrogens is 484 g/mol. The van der Waals surface area contributed by atoms with E-state index in [1.54, 1.807) is 14.2 Å². The van der Waals surface area contributed by atoms with Crippen LogP contribution in [-0.2, 0) is 5.75 Å². The van der Waals surface area contributed by atoms with E-state index < -0.39 is 8.32 Å². The van der Waals surface area contributed by atoms with Gasteiger partial charge in [-0.3, -0.25) is 0 Å². The van der Waals surface area contributed by atoms with Gasteiger partial charge in [0.25, 0.3) is 0 Å². The summed E-state index contributed by atoms with van der Waals surface area (Å²) in [6.07, 6.45) is 0. The highest BCUT2D eigenvalue weighted by atomic mass is 32.2. The van der Waals surface area contributed by atoms with Crippen molar-refractivity contribution in [1.29, 1.82) is 0 Å². The first-order valence-corrected chi connectivity index (χ1v) is 16.4. The molecule has 0 aromatic heterocycles. The summed E-state index contributed by atoms with van der Waals surface area (Å²) >= 11 is 1.96. The van der Waals surface area contributed by atoms with Crippen LogP contribution in [0.15, 0.2) is 66.7 Å². The molecule has 0 saturated heterocycles. The van der Waals surface area contributed by atoms with Gasteiger partial charge in [0.1, 0.15) is 23.0 Å². The van der Waals surface area contributed by atoms with Crippen molar-refractivity contribution in [2.75, 3.05) is 20.8 Å². The number of thioether (sulfide) groups is 1. The molecule has 0 fully saturated rings. The second kappa shape index (κ2) is 10.8. The van der Waals surface area contributed by atoms with Gasteiger partial charge in [-0.15, -0.1) is 11.8 Å². The van der Waals surface area contributed by atoms with Gasteiger partial charge in [0, 0.05) is 40.2 Å². The van der Waals surface area contributed by atoms with Crippen LogP contribution in [0.25, 0.3) is 0 Å². The molecule has 0 unspecified atom stereocenters. The first-order chi connectivity index (χ1) is 17.1. The number of hydrogen-bond acceptors (Lipinski definition) is 5. The molecular formula is C30H38O4SSi. The summed E-state index contributed by atoms with van der Waals surface area (Å²) in [6, 6.07) is 23.1. The van der Waals surface area contributed by atoms with Crippen molar-refractivity contribution >= 4 is 20.1 Å². The molecule has 2 atom stereocenters.